The molecule has 4 aromatic carbocycles. The summed E-state index contributed by atoms with van der Waals surface area (Å²) >= 11 is 0. The number of hydrogen-bond acceptors (Lipinski definition) is 12. The summed E-state index contributed by atoms with van der Waals surface area (Å²) in [6.07, 6.45) is 31.6. The normalized spacial score (nSPS) is 18.6. The van der Waals surface area contributed by atoms with Crippen LogP contribution in [0.2, 0.25) is 0 Å². The maximum atomic E-state index is 11.5. The summed E-state index contributed by atoms with van der Waals surface area (Å²) in [5.74, 6) is 3.47. The third-order valence-corrected chi connectivity index (χ3v) is 16.4. The third kappa shape index (κ3) is 28.8. The van der Waals surface area contributed by atoms with Crippen LogP contribution in [-0.2, 0) is 9.47 Å². The zero-order chi connectivity index (χ0) is 59.7. The number of piperidine rings is 4. The van der Waals surface area contributed by atoms with Gasteiger partial charge in [-0.25, -0.2) is 4.79 Å². The second-order valence-corrected chi connectivity index (χ2v) is 23.0. The molecule has 0 bridgehead atoms. The SMILES string of the molecule is CC=Cc1ccc(OCCCCC2CCCCN2)cc1.CCC(=O)c1ccc(OCCCN2CCCCC2C)cc1.CCOC(CC)c1ccc(OCCCCC2CCCCN2)cc1.COC(=O)c1ccc(OCCCN2CCCCC2)cc1. The van der Waals surface area contributed by atoms with E-state index in [-0.39, 0.29) is 17.9 Å². The predicted molar refractivity (Wildman–Crippen MR) is 346 cm³/mol. The number of rotatable bonds is 30. The predicted octanol–water partition coefficient (Wildman–Crippen LogP) is 15.9. The van der Waals surface area contributed by atoms with Gasteiger partial charge in [-0.3, -0.25) is 4.79 Å². The zero-order valence-electron chi connectivity index (χ0n) is 52.9. The van der Waals surface area contributed by atoms with E-state index in [0.29, 0.717) is 18.6 Å². The standard InChI is InChI=1S/C20H33NO2.C18H27NO2.C18H27NO.C16H23NO3/c1-3-20(22-4-2)17-11-13-19(14-12-17)23-16-8-6-10-18-9-5-7-15-21-18;1-3-18(20)16-8-10-17(11-9-16)21-14-6-13-19-12-5-4-7-15(19)2;1-2-7-16-10-12-18(13-11-16)20-15-6-4-9-17-8-3-5-14-19-17;1-19-16(18)14-6-8-15(9-7-14)20-13-5-12-17-10-3-2-4-11-17/h11-14,18,20-21H,3-10,15-16H2,1-2H3;8-11,15H,3-7,12-14H2,1-2H3;2,7,10-13,17,19H,3-6,8-9,14-15H2,1H3;6-9H,2-5,10-13H2,1H3. The van der Waals surface area contributed by atoms with Gasteiger partial charge in [0.25, 0.3) is 0 Å². The van der Waals surface area contributed by atoms with Crippen molar-refractivity contribution < 1.29 is 38.0 Å². The molecule has 0 aromatic heterocycles. The third-order valence-electron chi connectivity index (χ3n) is 16.4. The van der Waals surface area contributed by atoms with Gasteiger partial charge in [-0.2, -0.15) is 0 Å². The Morgan fingerprint density at radius 3 is 1.52 bits per heavy atom. The first-order valence-corrected chi connectivity index (χ1v) is 32.9. The summed E-state index contributed by atoms with van der Waals surface area (Å²) in [6.45, 7) is 22.6. The molecule has 4 fully saturated rings. The Morgan fingerprint density at radius 2 is 1.05 bits per heavy atom. The highest BCUT2D eigenvalue weighted by atomic mass is 16.5. The number of likely N-dealkylation sites (tertiary alicyclic amines) is 2. The Balaban J connectivity index is 0.000000205. The van der Waals surface area contributed by atoms with E-state index in [0.717, 1.165) is 118 Å². The fraction of sp³-hybridized carbons (Fsp3) is 0.611. The minimum absolute atomic E-state index is 0.181. The maximum absolute atomic E-state index is 11.5. The van der Waals surface area contributed by atoms with Crippen molar-refractivity contribution in [1.29, 1.82) is 0 Å². The average molecular weight is 1160 g/mol. The van der Waals surface area contributed by atoms with Crippen molar-refractivity contribution >= 4 is 17.8 Å². The number of nitrogens with one attached hydrogen (secondary N) is 2. The van der Waals surface area contributed by atoms with E-state index in [1.165, 1.54) is 154 Å². The maximum Gasteiger partial charge on any atom is 0.337 e. The smallest absolute Gasteiger partial charge is 0.337 e. The van der Waals surface area contributed by atoms with Crippen molar-refractivity contribution in [3.05, 3.63) is 125 Å². The number of ether oxygens (including phenoxy) is 6. The average Bonchev–Trinajstić information content (AvgIpc) is 3.59. The second kappa shape index (κ2) is 43.4. The molecule has 4 aromatic rings. The van der Waals surface area contributed by atoms with E-state index < -0.39 is 0 Å². The van der Waals surface area contributed by atoms with Crippen LogP contribution in [0.3, 0.4) is 0 Å². The van der Waals surface area contributed by atoms with Gasteiger partial charge in [-0.15, -0.1) is 0 Å². The fourth-order valence-corrected chi connectivity index (χ4v) is 11.4. The molecular formula is C72H110N4O8. The van der Waals surface area contributed by atoms with Gasteiger partial charge in [0, 0.05) is 49.8 Å². The van der Waals surface area contributed by atoms with Crippen LogP contribution in [-0.4, -0.2) is 126 Å². The molecule has 4 heterocycles. The first-order valence-electron chi connectivity index (χ1n) is 32.9. The Bertz CT molecular complexity index is 2310. The molecule has 4 atom stereocenters. The van der Waals surface area contributed by atoms with Gasteiger partial charge in [0.15, 0.2) is 5.78 Å². The lowest BCUT2D eigenvalue weighted by Crippen LogP contribution is -2.38. The van der Waals surface area contributed by atoms with Crippen LogP contribution >= 0.6 is 0 Å². The first-order chi connectivity index (χ1) is 41.2. The van der Waals surface area contributed by atoms with Crippen molar-refractivity contribution in [2.75, 3.05) is 86.0 Å². The monoisotopic (exact) mass is 1160 g/mol. The van der Waals surface area contributed by atoms with E-state index >= 15 is 0 Å². The van der Waals surface area contributed by atoms with Crippen LogP contribution < -0.4 is 29.6 Å². The second-order valence-electron chi connectivity index (χ2n) is 23.0. The van der Waals surface area contributed by atoms with E-state index in [1.807, 2.05) is 57.2 Å². The zero-order valence-corrected chi connectivity index (χ0v) is 52.9. The van der Waals surface area contributed by atoms with Crippen molar-refractivity contribution in [1.82, 2.24) is 20.4 Å². The van der Waals surface area contributed by atoms with Crippen molar-refractivity contribution in [2.24, 2.45) is 0 Å². The van der Waals surface area contributed by atoms with Crippen molar-refractivity contribution in [3.8, 4) is 23.0 Å². The summed E-state index contributed by atoms with van der Waals surface area (Å²) in [4.78, 5) is 27.9. The molecule has 2 N–H and O–H groups in total. The number of unbranched alkanes of at least 4 members (excludes halogenated alkanes) is 2. The lowest BCUT2D eigenvalue weighted by atomic mass is 10.00. The number of esters is 1. The molecule has 4 aliphatic heterocycles. The number of nitrogens with zero attached hydrogens (tertiary/aromatic N) is 2. The number of carbonyl (C=O) groups excluding carboxylic acids is 2. The molecule has 466 valence electrons. The minimum Gasteiger partial charge on any atom is -0.494 e. The quantitative estimate of drug-likeness (QED) is 0.0294. The highest BCUT2D eigenvalue weighted by molar-refractivity contribution is 5.95. The largest absolute Gasteiger partial charge is 0.494 e. The summed E-state index contributed by atoms with van der Waals surface area (Å²) < 4.78 is 33.5. The first kappa shape index (κ1) is 69.5. The van der Waals surface area contributed by atoms with Crippen LogP contribution in [0.5, 0.6) is 23.0 Å². The van der Waals surface area contributed by atoms with E-state index in [2.05, 4.69) is 99.7 Å². The number of allylic oxidation sites excluding steroid dienone is 1. The molecule has 84 heavy (non-hydrogen) atoms. The molecule has 12 heteroatoms. The van der Waals surface area contributed by atoms with Crippen LogP contribution in [0.15, 0.2) is 103 Å². The molecule has 0 radical (unpaired) electrons. The number of benzene rings is 4. The lowest BCUT2D eigenvalue weighted by Gasteiger charge is -2.33. The van der Waals surface area contributed by atoms with Crippen LogP contribution in [0.25, 0.3) is 6.08 Å². The highest BCUT2D eigenvalue weighted by Gasteiger charge is 2.18. The number of ketones is 1. The Kier molecular flexibility index (Phi) is 35.9. The topological polar surface area (TPSA) is 120 Å². The van der Waals surface area contributed by atoms with Crippen molar-refractivity contribution in [3.63, 3.8) is 0 Å². The summed E-state index contributed by atoms with van der Waals surface area (Å²) in [7, 11) is 1.38. The molecule has 0 spiro atoms. The summed E-state index contributed by atoms with van der Waals surface area (Å²) in [6, 6.07) is 33.5. The number of Topliss-reactive ketones (excluding diaryl/α,β-unsaturated/α-hetero) is 1. The van der Waals surface area contributed by atoms with Crippen LogP contribution in [0, 0.1) is 0 Å². The van der Waals surface area contributed by atoms with Crippen molar-refractivity contribution in [2.45, 2.75) is 200 Å². The summed E-state index contributed by atoms with van der Waals surface area (Å²) in [5.41, 5.74) is 3.79. The van der Waals surface area contributed by atoms with Crippen LogP contribution in [0.4, 0.5) is 0 Å². The van der Waals surface area contributed by atoms with Gasteiger partial charge in [0.2, 0.25) is 0 Å². The molecule has 4 unspecified atom stereocenters. The number of methoxy groups -OCH3 is 1. The van der Waals surface area contributed by atoms with Gasteiger partial charge < -0.3 is 48.9 Å². The van der Waals surface area contributed by atoms with E-state index in [4.69, 9.17) is 23.7 Å². The Labute approximate surface area is 508 Å². The Morgan fingerprint density at radius 1 is 0.560 bits per heavy atom. The summed E-state index contributed by atoms with van der Waals surface area (Å²) in [5, 5.41) is 7.21. The van der Waals surface area contributed by atoms with Gasteiger partial charge in [-0.1, -0.05) is 75.9 Å². The van der Waals surface area contributed by atoms with Gasteiger partial charge in [0.1, 0.15) is 23.0 Å². The molecule has 0 aliphatic carbocycles. The number of hydrogen-bond donors (Lipinski definition) is 2. The van der Waals surface area contributed by atoms with Gasteiger partial charge in [0.05, 0.1) is 45.2 Å². The van der Waals surface area contributed by atoms with Gasteiger partial charge >= 0.3 is 5.97 Å². The molecule has 4 aliphatic rings. The molecule has 8 rings (SSSR count). The van der Waals surface area contributed by atoms with Gasteiger partial charge in [-0.05, 0) is 247 Å². The molecule has 0 saturated carbocycles. The molecule has 4 saturated heterocycles. The minimum atomic E-state index is -0.318. The Hall–Kier alpha value is -5.24. The molecule has 12 nitrogen and oxygen atoms in total. The molecular weight excluding hydrogens is 1050 g/mol. The fourth-order valence-electron chi connectivity index (χ4n) is 11.4. The van der Waals surface area contributed by atoms with E-state index in [9.17, 15) is 9.59 Å². The lowest BCUT2D eigenvalue weighted by molar-refractivity contribution is 0.0596. The molecule has 0 amide bonds. The van der Waals surface area contributed by atoms with Crippen LogP contribution in [0.1, 0.15) is 214 Å². The number of carbonyl (C=O) groups is 2. The van der Waals surface area contributed by atoms with E-state index in [1.54, 1.807) is 12.1 Å². The highest BCUT2D eigenvalue weighted by Crippen LogP contribution is 2.25.